The van der Waals surface area contributed by atoms with Crippen LogP contribution in [-0.2, 0) is 18.9 Å². The molecule has 31 heavy (non-hydrogen) atoms. The van der Waals surface area contributed by atoms with Crippen molar-refractivity contribution >= 4 is 73.6 Å². The number of ether oxygens (including phenoxy) is 4. The molecule has 0 bridgehead atoms. The Balaban J connectivity index is -0.000000439. The number of hydrogen-bond donors (Lipinski definition) is 0. The van der Waals surface area contributed by atoms with Gasteiger partial charge in [-0.1, -0.05) is 101 Å². The van der Waals surface area contributed by atoms with Crippen molar-refractivity contribution in [3.63, 3.8) is 0 Å². The molecular formula is C20H52CaN2O4Si4. The Bertz CT molecular complexity index is 317. The van der Waals surface area contributed by atoms with Gasteiger partial charge in [-0.2, -0.15) is 0 Å². The second-order valence-electron chi connectivity index (χ2n) is 8.76. The van der Waals surface area contributed by atoms with Gasteiger partial charge in [-0.15, -0.1) is 0 Å². The topological polar surface area (TPSA) is 65.1 Å². The average Bonchev–Trinajstić information content (AvgIpc) is 2.62. The van der Waals surface area contributed by atoms with Crippen LogP contribution < -0.4 is 0 Å². The van der Waals surface area contributed by atoms with E-state index in [1.54, 1.807) is 14.2 Å². The molecule has 1 fully saturated rings. The van der Waals surface area contributed by atoms with E-state index in [-0.39, 0.29) is 49.9 Å². The molecule has 1 saturated carbocycles. The fourth-order valence-electron chi connectivity index (χ4n) is 3.20. The molecular weight excluding hydrogens is 485 g/mol. The number of nitrogens with zero attached hydrogens (tertiary/aromatic N) is 2. The molecule has 0 unspecified atom stereocenters. The summed E-state index contributed by atoms with van der Waals surface area (Å²) < 4.78 is 30.6. The van der Waals surface area contributed by atoms with E-state index in [9.17, 15) is 0 Å². The molecule has 0 aromatic heterocycles. The third-order valence-corrected chi connectivity index (χ3v) is 13.6. The molecule has 0 heterocycles. The standard InChI is InChI=1S/C12H24O4.2C4H14NSi2.Ca/c1-13-7-9-15-11-5-3-4-6-12(11)16-10-8-14-2;2*1-6(2)5-7(3)4;/h11-12H,3-10H2,1-2H3;2*6-7H,1-4H3;/q;2*-1;+2/t11-,12-;;;/m0.../s1. The average molecular weight is 537 g/mol. The summed E-state index contributed by atoms with van der Waals surface area (Å²) in [6, 6.07) is 0. The van der Waals surface area contributed by atoms with Crippen LogP contribution in [0.15, 0.2) is 0 Å². The molecule has 0 aliphatic heterocycles. The molecule has 1 rings (SSSR count). The first kappa shape index (κ1) is 37.4. The molecule has 184 valence electrons. The quantitative estimate of drug-likeness (QED) is 0.280. The minimum Gasteiger partial charge on any atom is -0.672 e. The van der Waals surface area contributed by atoms with Crippen molar-refractivity contribution in [1.82, 2.24) is 0 Å². The zero-order valence-electron chi connectivity index (χ0n) is 22.4. The van der Waals surface area contributed by atoms with Crippen molar-refractivity contribution < 1.29 is 18.9 Å². The van der Waals surface area contributed by atoms with Gasteiger partial charge in [-0.25, -0.2) is 0 Å². The molecule has 0 amide bonds. The van der Waals surface area contributed by atoms with Gasteiger partial charge in [-0.3, -0.25) is 0 Å². The van der Waals surface area contributed by atoms with E-state index in [1.165, 1.54) is 12.8 Å². The van der Waals surface area contributed by atoms with E-state index < -0.39 is 35.8 Å². The summed E-state index contributed by atoms with van der Waals surface area (Å²) in [5.41, 5.74) is 0. The van der Waals surface area contributed by atoms with Gasteiger partial charge in [0.05, 0.1) is 38.6 Å². The maximum Gasteiger partial charge on any atom is 2.00 e. The van der Waals surface area contributed by atoms with E-state index in [1.807, 2.05) is 0 Å². The first-order valence-corrected chi connectivity index (χ1v) is 23.0. The Morgan fingerprint density at radius 2 is 0.871 bits per heavy atom. The third-order valence-electron chi connectivity index (χ3n) is 4.07. The fourth-order valence-corrected chi connectivity index (χ4v) is 12.7. The van der Waals surface area contributed by atoms with Crippen molar-refractivity contribution in [2.24, 2.45) is 0 Å². The molecule has 1 aliphatic rings. The summed E-state index contributed by atoms with van der Waals surface area (Å²) in [7, 11) is 1.22. The maximum absolute atomic E-state index is 5.78. The molecule has 6 nitrogen and oxygen atoms in total. The Morgan fingerprint density at radius 3 is 1.06 bits per heavy atom. The maximum atomic E-state index is 5.78. The van der Waals surface area contributed by atoms with E-state index in [4.69, 9.17) is 18.9 Å². The molecule has 0 aromatic rings. The van der Waals surface area contributed by atoms with Crippen LogP contribution in [0, 0.1) is 0 Å². The SMILES string of the molecule is COCCO[C@H]1CCCC[C@@H]1OCCOC.C[SiH](C)[N-][SiH](C)C.C[SiH](C)[N-][SiH](C)C.[Ca+2]. The van der Waals surface area contributed by atoms with Crippen LogP contribution in [0.3, 0.4) is 0 Å². The molecule has 0 spiro atoms. The second-order valence-corrected chi connectivity index (χ2v) is 19.9. The first-order chi connectivity index (χ1) is 14.1. The Morgan fingerprint density at radius 1 is 0.581 bits per heavy atom. The summed E-state index contributed by atoms with van der Waals surface area (Å²) in [4.78, 5) is 0. The molecule has 0 N–H and O–H groups in total. The van der Waals surface area contributed by atoms with Gasteiger partial charge >= 0.3 is 37.7 Å². The molecule has 1 aliphatic carbocycles. The predicted molar refractivity (Wildman–Crippen MR) is 150 cm³/mol. The van der Waals surface area contributed by atoms with Gasteiger partial charge in [0.15, 0.2) is 0 Å². The van der Waals surface area contributed by atoms with Crippen LogP contribution >= 0.6 is 0 Å². The van der Waals surface area contributed by atoms with Gasteiger partial charge in [0.1, 0.15) is 0 Å². The van der Waals surface area contributed by atoms with Crippen LogP contribution in [-0.4, -0.2) is 126 Å². The fraction of sp³-hybridized carbons (Fsp3) is 1.00. The van der Waals surface area contributed by atoms with E-state index >= 15 is 0 Å². The largest absolute Gasteiger partial charge is 2.00 e. The summed E-state index contributed by atoms with van der Waals surface area (Å²) in [5, 5.41) is 0. The van der Waals surface area contributed by atoms with Gasteiger partial charge in [0, 0.05) is 14.2 Å². The Kier molecular flexibility index (Phi) is 32.0. The van der Waals surface area contributed by atoms with Gasteiger partial charge in [-0.05, 0) is 12.8 Å². The van der Waals surface area contributed by atoms with E-state index in [0.29, 0.717) is 26.4 Å². The van der Waals surface area contributed by atoms with Crippen LogP contribution in [0.5, 0.6) is 0 Å². The normalized spacial score (nSPS) is 18.4. The smallest absolute Gasteiger partial charge is 0.672 e. The number of hydrogen-bond acceptors (Lipinski definition) is 4. The Hall–Kier alpha value is 1.89. The molecule has 2 atom stereocenters. The van der Waals surface area contributed by atoms with Crippen LogP contribution in [0.25, 0.3) is 9.30 Å². The second kappa shape index (κ2) is 26.5. The summed E-state index contributed by atoms with van der Waals surface area (Å²) in [5.74, 6) is 0. The molecule has 0 aromatic carbocycles. The minimum absolute atomic E-state index is 0. The van der Waals surface area contributed by atoms with Crippen molar-refractivity contribution in [2.45, 2.75) is 90.3 Å². The van der Waals surface area contributed by atoms with E-state index in [2.05, 4.69) is 61.7 Å². The van der Waals surface area contributed by atoms with Gasteiger partial charge in [0.2, 0.25) is 0 Å². The molecule has 11 heteroatoms. The van der Waals surface area contributed by atoms with Crippen LogP contribution in [0.4, 0.5) is 0 Å². The van der Waals surface area contributed by atoms with Crippen LogP contribution in [0.1, 0.15) is 25.7 Å². The minimum atomic E-state index is -0.542. The predicted octanol–water partition coefficient (Wildman–Crippen LogP) is 3.90. The number of methoxy groups -OCH3 is 2. The monoisotopic (exact) mass is 536 g/mol. The van der Waals surface area contributed by atoms with Crippen molar-refractivity contribution in [1.29, 1.82) is 0 Å². The summed E-state index contributed by atoms with van der Waals surface area (Å²) in [6.07, 6.45) is 5.15. The zero-order valence-corrected chi connectivity index (χ0v) is 29.2. The van der Waals surface area contributed by atoms with Gasteiger partial charge in [0.25, 0.3) is 0 Å². The van der Waals surface area contributed by atoms with Crippen molar-refractivity contribution in [3.8, 4) is 0 Å². The summed E-state index contributed by atoms with van der Waals surface area (Å²) >= 11 is 0. The molecule has 0 saturated heterocycles. The first-order valence-electron chi connectivity index (χ1n) is 11.7. The third kappa shape index (κ3) is 29.9. The zero-order chi connectivity index (χ0) is 23.4. The number of rotatable bonds is 12. The van der Waals surface area contributed by atoms with Gasteiger partial charge < -0.3 is 28.2 Å². The van der Waals surface area contributed by atoms with Crippen molar-refractivity contribution in [2.75, 3.05) is 40.6 Å². The van der Waals surface area contributed by atoms with Crippen molar-refractivity contribution in [3.05, 3.63) is 9.30 Å². The van der Waals surface area contributed by atoms with Crippen LogP contribution in [0.2, 0.25) is 52.4 Å². The van der Waals surface area contributed by atoms with E-state index in [0.717, 1.165) is 12.8 Å². The summed E-state index contributed by atoms with van der Waals surface area (Å²) in [6.45, 7) is 20.8. The molecule has 0 radical (unpaired) electrons. The Labute approximate surface area is 231 Å².